The zero-order valence-corrected chi connectivity index (χ0v) is 11.3. The number of aliphatic hydroxyl groups is 1. The normalized spacial score (nSPS) is 16.8. The van der Waals surface area contributed by atoms with Crippen molar-refractivity contribution < 1.29 is 14.6 Å². The van der Waals surface area contributed by atoms with Crippen LogP contribution in [0.3, 0.4) is 0 Å². The monoisotopic (exact) mass is 256 g/mol. The second kappa shape index (κ2) is 4.07. The first-order valence-corrected chi connectivity index (χ1v) is 5.97. The lowest BCUT2D eigenvalue weighted by Crippen LogP contribution is -2.12. The first kappa shape index (κ1) is 12.5. The van der Waals surface area contributed by atoms with Crippen molar-refractivity contribution in [3.63, 3.8) is 0 Å². The number of methoxy groups -OCH3 is 2. The van der Waals surface area contributed by atoms with Gasteiger partial charge in [-0.3, -0.25) is 0 Å². The van der Waals surface area contributed by atoms with E-state index in [4.69, 9.17) is 21.1 Å². The van der Waals surface area contributed by atoms with E-state index in [1.165, 1.54) is 0 Å². The Labute approximate surface area is 106 Å². The predicted octanol–water partition coefficient (Wildman–Crippen LogP) is 2.96. The fraction of sp³-hybridized carbons (Fsp3) is 0.538. The van der Waals surface area contributed by atoms with Crippen molar-refractivity contribution >= 4 is 11.6 Å². The van der Waals surface area contributed by atoms with E-state index in [9.17, 15) is 5.11 Å². The Balaban J connectivity index is 2.75. The fourth-order valence-corrected chi connectivity index (χ4v) is 2.64. The molecule has 0 saturated heterocycles. The molecule has 0 unspecified atom stereocenters. The van der Waals surface area contributed by atoms with Gasteiger partial charge in [-0.2, -0.15) is 0 Å². The van der Waals surface area contributed by atoms with E-state index >= 15 is 0 Å². The van der Waals surface area contributed by atoms with Crippen LogP contribution in [-0.2, 0) is 5.60 Å². The van der Waals surface area contributed by atoms with Gasteiger partial charge in [0.25, 0.3) is 0 Å². The van der Waals surface area contributed by atoms with Gasteiger partial charge in [0.05, 0.1) is 24.8 Å². The number of hydrogen-bond donors (Lipinski definition) is 1. The SMILES string of the molecule is COc1c(C)c(C2(O)CC2)c(OC)c(C)c1Cl. The van der Waals surface area contributed by atoms with E-state index in [0.29, 0.717) is 16.5 Å². The van der Waals surface area contributed by atoms with Gasteiger partial charge in [0.15, 0.2) is 0 Å². The predicted molar refractivity (Wildman–Crippen MR) is 67.2 cm³/mol. The van der Waals surface area contributed by atoms with Crippen LogP contribution >= 0.6 is 11.6 Å². The van der Waals surface area contributed by atoms with E-state index < -0.39 is 5.60 Å². The van der Waals surface area contributed by atoms with Crippen LogP contribution in [0.2, 0.25) is 5.02 Å². The van der Waals surface area contributed by atoms with Gasteiger partial charge in [0.2, 0.25) is 0 Å². The molecule has 0 spiro atoms. The molecule has 0 heterocycles. The van der Waals surface area contributed by atoms with Crippen LogP contribution in [0, 0.1) is 13.8 Å². The molecule has 1 fully saturated rings. The Morgan fingerprint density at radius 2 is 1.59 bits per heavy atom. The minimum atomic E-state index is -0.766. The summed E-state index contributed by atoms with van der Waals surface area (Å²) in [7, 11) is 3.18. The summed E-state index contributed by atoms with van der Waals surface area (Å²) in [5, 5.41) is 10.9. The van der Waals surface area contributed by atoms with Gasteiger partial charge in [-0.25, -0.2) is 0 Å². The van der Waals surface area contributed by atoms with Crippen molar-refractivity contribution in [3.05, 3.63) is 21.7 Å². The van der Waals surface area contributed by atoms with Gasteiger partial charge in [-0.15, -0.1) is 0 Å². The van der Waals surface area contributed by atoms with Crippen LogP contribution in [0.15, 0.2) is 0 Å². The van der Waals surface area contributed by atoms with Crippen LogP contribution in [0.4, 0.5) is 0 Å². The molecule has 0 bridgehead atoms. The number of benzene rings is 1. The maximum absolute atomic E-state index is 10.3. The molecule has 0 radical (unpaired) electrons. The first-order chi connectivity index (χ1) is 7.96. The third-order valence-electron chi connectivity index (χ3n) is 3.41. The van der Waals surface area contributed by atoms with Crippen LogP contribution in [0.1, 0.15) is 29.5 Å². The van der Waals surface area contributed by atoms with E-state index in [0.717, 1.165) is 29.5 Å². The number of hydrogen-bond acceptors (Lipinski definition) is 3. The molecule has 3 nitrogen and oxygen atoms in total. The Bertz CT molecular complexity index is 464. The van der Waals surface area contributed by atoms with Crippen molar-refractivity contribution in [2.45, 2.75) is 32.3 Å². The molecule has 1 aromatic carbocycles. The molecule has 1 aromatic rings. The maximum Gasteiger partial charge on any atom is 0.141 e. The Kier molecular flexibility index (Phi) is 3.00. The number of rotatable bonds is 3. The summed E-state index contributed by atoms with van der Waals surface area (Å²) in [4.78, 5) is 0. The van der Waals surface area contributed by atoms with Crippen LogP contribution in [-0.4, -0.2) is 19.3 Å². The summed E-state index contributed by atoms with van der Waals surface area (Å²) in [6.45, 7) is 3.77. The molecule has 4 heteroatoms. The Morgan fingerprint density at radius 1 is 1.06 bits per heavy atom. The topological polar surface area (TPSA) is 38.7 Å². The van der Waals surface area contributed by atoms with E-state index in [1.54, 1.807) is 14.2 Å². The van der Waals surface area contributed by atoms with Crippen molar-refractivity contribution in [1.29, 1.82) is 0 Å². The van der Waals surface area contributed by atoms with E-state index in [-0.39, 0.29) is 0 Å². The van der Waals surface area contributed by atoms with Crippen molar-refractivity contribution in [2.24, 2.45) is 0 Å². The minimum absolute atomic E-state index is 0.551. The molecular formula is C13H17ClO3. The summed E-state index contributed by atoms with van der Waals surface area (Å²) in [5.41, 5.74) is 1.73. The summed E-state index contributed by atoms with van der Waals surface area (Å²) >= 11 is 6.24. The van der Waals surface area contributed by atoms with Crippen LogP contribution in [0.5, 0.6) is 11.5 Å². The highest BCUT2D eigenvalue weighted by molar-refractivity contribution is 6.33. The van der Waals surface area contributed by atoms with Gasteiger partial charge in [-0.05, 0) is 26.7 Å². The van der Waals surface area contributed by atoms with Gasteiger partial charge >= 0.3 is 0 Å². The lowest BCUT2D eigenvalue weighted by molar-refractivity contribution is 0.146. The molecule has 0 atom stereocenters. The highest BCUT2D eigenvalue weighted by Crippen LogP contribution is 2.54. The second-order valence-corrected chi connectivity index (χ2v) is 4.92. The average Bonchev–Trinajstić information content (AvgIpc) is 3.03. The van der Waals surface area contributed by atoms with Gasteiger partial charge in [0, 0.05) is 16.7 Å². The smallest absolute Gasteiger partial charge is 0.141 e. The highest BCUT2D eigenvalue weighted by atomic mass is 35.5. The second-order valence-electron chi connectivity index (χ2n) is 4.54. The van der Waals surface area contributed by atoms with E-state index in [2.05, 4.69) is 0 Å². The quantitative estimate of drug-likeness (QED) is 0.904. The molecule has 1 aliphatic rings. The molecular weight excluding hydrogens is 240 g/mol. The molecule has 0 amide bonds. The largest absolute Gasteiger partial charge is 0.496 e. The lowest BCUT2D eigenvalue weighted by Gasteiger charge is -2.22. The average molecular weight is 257 g/mol. The van der Waals surface area contributed by atoms with Crippen LogP contribution in [0.25, 0.3) is 0 Å². The molecule has 94 valence electrons. The molecule has 1 N–H and O–H groups in total. The Hall–Kier alpha value is -0.930. The summed E-state index contributed by atoms with van der Waals surface area (Å²) in [6, 6.07) is 0. The molecule has 2 rings (SSSR count). The fourth-order valence-electron chi connectivity index (χ4n) is 2.33. The summed E-state index contributed by atoms with van der Waals surface area (Å²) in [6.07, 6.45) is 1.52. The Morgan fingerprint density at radius 3 is 2.00 bits per heavy atom. The van der Waals surface area contributed by atoms with Gasteiger partial charge < -0.3 is 14.6 Å². The molecule has 1 saturated carbocycles. The standard InChI is InChI=1S/C13H17ClO3/c1-7-9(13(15)5-6-13)11(16-3)8(2)10(14)12(7)17-4/h15H,5-6H2,1-4H3. The van der Waals surface area contributed by atoms with Crippen LogP contribution < -0.4 is 9.47 Å². The van der Waals surface area contributed by atoms with Crippen molar-refractivity contribution in [2.75, 3.05) is 14.2 Å². The molecule has 17 heavy (non-hydrogen) atoms. The van der Waals surface area contributed by atoms with Gasteiger partial charge in [0.1, 0.15) is 11.5 Å². The van der Waals surface area contributed by atoms with E-state index in [1.807, 2.05) is 13.8 Å². The summed E-state index contributed by atoms with van der Waals surface area (Å²) < 4.78 is 10.7. The summed E-state index contributed by atoms with van der Waals surface area (Å²) in [5.74, 6) is 1.30. The van der Waals surface area contributed by atoms with Crippen molar-refractivity contribution in [3.8, 4) is 11.5 Å². The number of ether oxygens (including phenoxy) is 2. The third kappa shape index (κ3) is 1.78. The lowest BCUT2D eigenvalue weighted by atomic mass is 9.96. The first-order valence-electron chi connectivity index (χ1n) is 5.59. The molecule has 0 aliphatic heterocycles. The molecule has 1 aliphatic carbocycles. The van der Waals surface area contributed by atoms with Crippen molar-refractivity contribution in [1.82, 2.24) is 0 Å². The minimum Gasteiger partial charge on any atom is -0.496 e. The third-order valence-corrected chi connectivity index (χ3v) is 3.86. The highest BCUT2D eigenvalue weighted by Gasteiger charge is 2.46. The number of halogens is 1. The maximum atomic E-state index is 10.3. The molecule has 0 aromatic heterocycles. The van der Waals surface area contributed by atoms with Gasteiger partial charge in [-0.1, -0.05) is 11.6 Å². The zero-order chi connectivity index (χ0) is 12.8. The zero-order valence-electron chi connectivity index (χ0n) is 10.6.